The van der Waals surface area contributed by atoms with Gasteiger partial charge in [0.2, 0.25) is 5.91 Å². The molecule has 1 aromatic heterocycles. The molecule has 1 atom stereocenters. The van der Waals surface area contributed by atoms with Gasteiger partial charge in [-0.25, -0.2) is 0 Å². The van der Waals surface area contributed by atoms with E-state index in [4.69, 9.17) is 0 Å². The molecule has 1 amide bonds. The minimum Gasteiger partial charge on any atom is -0.353 e. The normalized spacial score (nSPS) is 18.2. The number of hydrogen-bond donors (Lipinski definition) is 2. The summed E-state index contributed by atoms with van der Waals surface area (Å²) in [5, 5.41) is 8.23. The molecule has 6 nitrogen and oxygen atoms in total. The van der Waals surface area contributed by atoms with Crippen LogP contribution in [0.3, 0.4) is 0 Å². The fraction of sp³-hybridized carbons (Fsp3) is 0.692. The first-order valence-corrected chi connectivity index (χ1v) is 7.46. The topological polar surface area (TPSA) is 62.2 Å². The van der Waals surface area contributed by atoms with Crippen LogP contribution in [0.5, 0.6) is 0 Å². The number of alkyl halides is 6. The van der Waals surface area contributed by atoms with Gasteiger partial charge in [0, 0.05) is 38.9 Å². The molecule has 25 heavy (non-hydrogen) atoms. The second-order valence-corrected chi connectivity index (χ2v) is 5.54. The van der Waals surface area contributed by atoms with Crippen LogP contribution < -0.4 is 10.6 Å². The highest BCUT2D eigenvalue weighted by molar-refractivity contribution is 5.75. The lowest BCUT2D eigenvalue weighted by Crippen LogP contribution is -2.57. The molecule has 12 heteroatoms. The van der Waals surface area contributed by atoms with Gasteiger partial charge in [0.05, 0.1) is 0 Å². The summed E-state index contributed by atoms with van der Waals surface area (Å²) in [6.07, 6.45) is -8.23. The molecule has 0 bridgehead atoms. The van der Waals surface area contributed by atoms with Crippen molar-refractivity contribution in [2.75, 3.05) is 32.7 Å². The largest absolute Gasteiger partial charge is 0.435 e. The van der Waals surface area contributed by atoms with E-state index in [1.165, 1.54) is 4.90 Å². The van der Waals surface area contributed by atoms with E-state index in [0.29, 0.717) is 19.2 Å². The zero-order valence-electron chi connectivity index (χ0n) is 13.0. The van der Waals surface area contributed by atoms with E-state index in [0.717, 1.165) is 10.9 Å². The Morgan fingerprint density at radius 3 is 2.40 bits per heavy atom. The molecule has 0 aliphatic carbocycles. The zero-order valence-corrected chi connectivity index (χ0v) is 13.0. The van der Waals surface area contributed by atoms with Gasteiger partial charge < -0.3 is 10.6 Å². The maximum atomic E-state index is 13.2. The van der Waals surface area contributed by atoms with Crippen molar-refractivity contribution in [2.24, 2.45) is 0 Å². The van der Waals surface area contributed by atoms with Crippen molar-refractivity contribution in [3.63, 3.8) is 0 Å². The Morgan fingerprint density at radius 2 is 1.88 bits per heavy atom. The number of nitrogens with one attached hydrogen (secondary N) is 2. The summed E-state index contributed by atoms with van der Waals surface area (Å²) in [5.41, 5.74) is -1.17. The monoisotopic (exact) mass is 373 g/mol. The number of rotatable bonds is 5. The molecule has 2 rings (SSSR count). The third kappa shape index (κ3) is 5.59. The minimum atomic E-state index is -4.65. The summed E-state index contributed by atoms with van der Waals surface area (Å²) in [4.78, 5) is 12.9. The second-order valence-electron chi connectivity index (χ2n) is 5.54. The van der Waals surface area contributed by atoms with Gasteiger partial charge in [0.15, 0.2) is 5.69 Å². The lowest BCUT2D eigenvalue weighted by atomic mass is 10.2. The molecule has 0 aromatic carbocycles. The fourth-order valence-electron chi connectivity index (χ4n) is 2.46. The van der Waals surface area contributed by atoms with Gasteiger partial charge >= 0.3 is 12.4 Å². The van der Waals surface area contributed by atoms with Crippen LogP contribution in [0.1, 0.15) is 5.69 Å². The van der Waals surface area contributed by atoms with Crippen LogP contribution in [0.4, 0.5) is 26.3 Å². The van der Waals surface area contributed by atoms with E-state index in [1.54, 1.807) is 0 Å². The molecule has 2 N–H and O–H groups in total. The fourth-order valence-corrected chi connectivity index (χ4v) is 2.46. The minimum absolute atomic E-state index is 0.189. The van der Waals surface area contributed by atoms with Crippen molar-refractivity contribution in [3.05, 3.63) is 18.0 Å². The summed E-state index contributed by atoms with van der Waals surface area (Å²) in [6.45, 7) is -0.0672. The average molecular weight is 373 g/mol. The Morgan fingerprint density at radius 1 is 1.24 bits per heavy atom. The molecule has 0 spiro atoms. The molecule has 142 valence electrons. The predicted octanol–water partition coefficient (Wildman–Crippen LogP) is 0.854. The van der Waals surface area contributed by atoms with Crippen LogP contribution in [-0.4, -0.2) is 65.5 Å². The molecule has 0 saturated carbocycles. The van der Waals surface area contributed by atoms with Gasteiger partial charge in [-0.2, -0.15) is 31.4 Å². The van der Waals surface area contributed by atoms with Gasteiger partial charge in [0.25, 0.3) is 0 Å². The molecule has 1 unspecified atom stereocenters. The second kappa shape index (κ2) is 7.60. The van der Waals surface area contributed by atoms with Crippen LogP contribution in [0.2, 0.25) is 0 Å². The Kier molecular flexibility index (Phi) is 5.93. The highest BCUT2D eigenvalue weighted by Gasteiger charge is 2.43. The molecule has 1 aromatic rings. The number of amides is 1. The van der Waals surface area contributed by atoms with Gasteiger partial charge in [0.1, 0.15) is 12.6 Å². The number of halogens is 6. The lowest BCUT2D eigenvalue weighted by Gasteiger charge is -2.35. The van der Waals surface area contributed by atoms with E-state index in [1.807, 2.05) is 0 Å². The molecule has 0 radical (unpaired) electrons. The van der Waals surface area contributed by atoms with Gasteiger partial charge in [-0.05, 0) is 6.07 Å². The van der Waals surface area contributed by atoms with Crippen molar-refractivity contribution < 1.29 is 31.1 Å². The quantitative estimate of drug-likeness (QED) is 0.752. The summed E-state index contributed by atoms with van der Waals surface area (Å²) < 4.78 is 77.5. The molecular formula is C13H17F6N5O. The number of carbonyl (C=O) groups is 1. The Hall–Kier alpha value is -1.82. The lowest BCUT2D eigenvalue weighted by molar-refractivity contribution is -0.184. The number of carbonyl (C=O) groups excluding carboxylic acids is 1. The molecule has 1 aliphatic heterocycles. The van der Waals surface area contributed by atoms with E-state index < -0.39 is 43.1 Å². The van der Waals surface area contributed by atoms with Gasteiger partial charge in [-0.3, -0.25) is 14.4 Å². The highest BCUT2D eigenvalue weighted by atomic mass is 19.4. The van der Waals surface area contributed by atoms with E-state index >= 15 is 0 Å². The number of aromatic nitrogens is 2. The van der Waals surface area contributed by atoms with Crippen molar-refractivity contribution in [3.8, 4) is 0 Å². The molecule has 1 saturated heterocycles. The molecule has 1 aliphatic rings. The summed E-state index contributed by atoms with van der Waals surface area (Å²) in [7, 11) is 0. The van der Waals surface area contributed by atoms with Crippen LogP contribution in [0.15, 0.2) is 12.3 Å². The standard InChI is InChI=1S/C13H17F6N5O/c14-12(15,16)9-1-4-24(22-9)8-11(25)21-7-10(13(17,18)19)23-5-2-20-3-6-23/h1,4,10,20H,2-3,5-8H2,(H,21,25). The summed E-state index contributed by atoms with van der Waals surface area (Å²) in [5.74, 6) is -0.846. The van der Waals surface area contributed by atoms with Crippen LogP contribution >= 0.6 is 0 Å². The maximum absolute atomic E-state index is 13.2. The Balaban J connectivity index is 1.91. The maximum Gasteiger partial charge on any atom is 0.435 e. The van der Waals surface area contributed by atoms with E-state index in [-0.39, 0.29) is 13.1 Å². The van der Waals surface area contributed by atoms with Crippen molar-refractivity contribution >= 4 is 5.91 Å². The first-order valence-electron chi connectivity index (χ1n) is 7.46. The van der Waals surface area contributed by atoms with Crippen molar-refractivity contribution in [1.29, 1.82) is 0 Å². The van der Waals surface area contributed by atoms with E-state index in [9.17, 15) is 31.1 Å². The highest BCUT2D eigenvalue weighted by Crippen LogP contribution is 2.27. The van der Waals surface area contributed by atoms with E-state index in [2.05, 4.69) is 15.7 Å². The van der Waals surface area contributed by atoms with Crippen LogP contribution in [0.25, 0.3) is 0 Å². The van der Waals surface area contributed by atoms with Gasteiger partial charge in [-0.1, -0.05) is 0 Å². The first kappa shape index (κ1) is 19.5. The molecule has 1 fully saturated rings. The zero-order chi connectivity index (χ0) is 18.7. The molecular weight excluding hydrogens is 356 g/mol. The third-order valence-corrected chi connectivity index (χ3v) is 3.70. The Labute approximate surface area is 139 Å². The van der Waals surface area contributed by atoms with Crippen LogP contribution in [0, 0.1) is 0 Å². The number of hydrogen-bond acceptors (Lipinski definition) is 4. The van der Waals surface area contributed by atoms with Gasteiger partial charge in [-0.15, -0.1) is 0 Å². The number of piperazine rings is 1. The van der Waals surface area contributed by atoms with Crippen molar-refractivity contribution in [2.45, 2.75) is 24.9 Å². The SMILES string of the molecule is O=C(Cn1ccc(C(F)(F)F)n1)NCC(N1CCNCC1)C(F)(F)F. The summed E-state index contributed by atoms with van der Waals surface area (Å²) in [6, 6.07) is -1.16. The van der Waals surface area contributed by atoms with Crippen molar-refractivity contribution in [1.82, 2.24) is 25.3 Å². The third-order valence-electron chi connectivity index (χ3n) is 3.70. The van der Waals surface area contributed by atoms with Crippen LogP contribution in [-0.2, 0) is 17.5 Å². The first-order chi connectivity index (χ1) is 11.6. The summed E-state index contributed by atoms with van der Waals surface area (Å²) >= 11 is 0. The Bertz CT molecular complexity index is 578. The molecule has 2 heterocycles. The smallest absolute Gasteiger partial charge is 0.353 e. The number of nitrogens with zero attached hydrogens (tertiary/aromatic N) is 3. The predicted molar refractivity (Wildman–Crippen MR) is 74.5 cm³/mol. The average Bonchev–Trinajstić information content (AvgIpc) is 2.95.